The van der Waals surface area contributed by atoms with Crippen molar-refractivity contribution < 1.29 is 0 Å². The smallest absolute Gasteiger partial charge is 0.0230 e. The van der Waals surface area contributed by atoms with Crippen molar-refractivity contribution in [2.24, 2.45) is 5.41 Å². The van der Waals surface area contributed by atoms with E-state index in [1.165, 1.54) is 50.6 Å². The zero-order valence-corrected chi connectivity index (χ0v) is 15.5. The largest absolute Gasteiger partial charge is 0.302 e. The van der Waals surface area contributed by atoms with Crippen LogP contribution in [0.2, 0.25) is 0 Å². The van der Waals surface area contributed by atoms with Crippen LogP contribution in [-0.2, 0) is 6.54 Å². The summed E-state index contributed by atoms with van der Waals surface area (Å²) in [6.45, 7) is 2.25. The number of alkyl halides is 1. The SMILES string of the molecule is CN(Cc1ccc(Br)cc1)CC1(CBr)CCCCCC1. The van der Waals surface area contributed by atoms with E-state index in [-0.39, 0.29) is 0 Å². The van der Waals surface area contributed by atoms with Crippen LogP contribution >= 0.6 is 31.9 Å². The van der Waals surface area contributed by atoms with Gasteiger partial charge < -0.3 is 4.90 Å². The van der Waals surface area contributed by atoms with E-state index in [0.717, 1.165) is 16.3 Å². The number of rotatable bonds is 5. The van der Waals surface area contributed by atoms with E-state index in [9.17, 15) is 0 Å². The molecule has 112 valence electrons. The molecule has 1 saturated carbocycles. The summed E-state index contributed by atoms with van der Waals surface area (Å²) in [5.74, 6) is 0. The van der Waals surface area contributed by atoms with Gasteiger partial charge in [-0.3, -0.25) is 0 Å². The summed E-state index contributed by atoms with van der Waals surface area (Å²) in [5, 5.41) is 1.14. The zero-order chi connectivity index (χ0) is 14.4. The molecule has 3 heteroatoms. The Morgan fingerprint density at radius 1 is 1.05 bits per heavy atom. The lowest BCUT2D eigenvalue weighted by Crippen LogP contribution is -2.36. The molecule has 0 atom stereocenters. The first-order chi connectivity index (χ1) is 9.63. The van der Waals surface area contributed by atoms with E-state index in [2.05, 4.69) is 68.1 Å². The van der Waals surface area contributed by atoms with Gasteiger partial charge in [0.1, 0.15) is 0 Å². The van der Waals surface area contributed by atoms with Crippen molar-refractivity contribution >= 4 is 31.9 Å². The highest BCUT2D eigenvalue weighted by molar-refractivity contribution is 9.10. The average Bonchev–Trinajstić information content (AvgIpc) is 2.67. The van der Waals surface area contributed by atoms with Gasteiger partial charge in [0.25, 0.3) is 0 Å². The maximum atomic E-state index is 3.79. The first-order valence-electron chi connectivity index (χ1n) is 7.63. The molecule has 1 nitrogen and oxygen atoms in total. The fraction of sp³-hybridized carbons (Fsp3) is 0.647. The number of benzene rings is 1. The molecule has 0 heterocycles. The predicted octanol–water partition coefficient (Wildman–Crippen LogP) is 5.62. The Balaban J connectivity index is 1.94. The molecule has 1 aromatic rings. The van der Waals surface area contributed by atoms with Gasteiger partial charge in [-0.25, -0.2) is 0 Å². The minimum absolute atomic E-state index is 0.487. The van der Waals surface area contributed by atoms with Crippen molar-refractivity contribution in [1.29, 1.82) is 0 Å². The summed E-state index contributed by atoms with van der Waals surface area (Å²) in [6.07, 6.45) is 8.40. The molecule has 1 aliphatic rings. The third-order valence-corrected chi connectivity index (χ3v) is 6.14. The van der Waals surface area contributed by atoms with Crippen LogP contribution in [0.5, 0.6) is 0 Å². The molecule has 0 N–H and O–H groups in total. The maximum absolute atomic E-state index is 3.79. The lowest BCUT2D eigenvalue weighted by atomic mass is 9.82. The van der Waals surface area contributed by atoms with Gasteiger partial charge in [-0.05, 0) is 43.0 Å². The van der Waals surface area contributed by atoms with Crippen LogP contribution in [0.4, 0.5) is 0 Å². The van der Waals surface area contributed by atoms with Crippen LogP contribution in [-0.4, -0.2) is 23.8 Å². The standard InChI is InChI=1S/C17H25Br2N/c1-20(12-15-6-8-16(19)9-7-15)14-17(13-18)10-4-2-3-5-11-17/h6-9H,2-5,10-14H2,1H3. The maximum Gasteiger partial charge on any atom is 0.0230 e. The molecule has 0 spiro atoms. The van der Waals surface area contributed by atoms with Crippen molar-refractivity contribution in [3.63, 3.8) is 0 Å². The molecule has 0 aromatic heterocycles. The second-order valence-electron chi connectivity index (χ2n) is 6.35. The summed E-state index contributed by atoms with van der Waals surface area (Å²) in [4.78, 5) is 2.50. The van der Waals surface area contributed by atoms with Crippen LogP contribution in [0.15, 0.2) is 28.7 Å². The van der Waals surface area contributed by atoms with Crippen molar-refractivity contribution in [2.75, 3.05) is 18.9 Å². The van der Waals surface area contributed by atoms with E-state index >= 15 is 0 Å². The van der Waals surface area contributed by atoms with Crippen molar-refractivity contribution in [1.82, 2.24) is 4.90 Å². The monoisotopic (exact) mass is 401 g/mol. The highest BCUT2D eigenvalue weighted by Crippen LogP contribution is 2.37. The van der Waals surface area contributed by atoms with Gasteiger partial charge >= 0.3 is 0 Å². The van der Waals surface area contributed by atoms with Gasteiger partial charge in [-0.1, -0.05) is 69.7 Å². The minimum Gasteiger partial charge on any atom is -0.302 e. The number of halogens is 2. The van der Waals surface area contributed by atoms with Crippen molar-refractivity contribution in [2.45, 2.75) is 45.1 Å². The molecule has 0 saturated heterocycles. The van der Waals surface area contributed by atoms with Gasteiger partial charge in [-0.2, -0.15) is 0 Å². The molecule has 20 heavy (non-hydrogen) atoms. The Hall–Kier alpha value is 0.140. The molecular weight excluding hydrogens is 378 g/mol. The van der Waals surface area contributed by atoms with Gasteiger partial charge in [0.2, 0.25) is 0 Å². The van der Waals surface area contributed by atoms with Crippen LogP contribution < -0.4 is 0 Å². The Morgan fingerprint density at radius 2 is 1.65 bits per heavy atom. The van der Waals surface area contributed by atoms with E-state index in [1.807, 2.05) is 0 Å². The molecule has 0 unspecified atom stereocenters. The van der Waals surface area contributed by atoms with Gasteiger partial charge in [-0.15, -0.1) is 0 Å². The highest BCUT2D eigenvalue weighted by atomic mass is 79.9. The van der Waals surface area contributed by atoms with E-state index in [0.29, 0.717) is 5.41 Å². The third-order valence-electron chi connectivity index (χ3n) is 4.42. The molecule has 1 aromatic carbocycles. The van der Waals surface area contributed by atoms with Gasteiger partial charge in [0.15, 0.2) is 0 Å². The Kier molecular flexibility index (Phi) is 6.57. The van der Waals surface area contributed by atoms with Crippen LogP contribution in [0, 0.1) is 5.41 Å². The molecule has 0 bridgehead atoms. The van der Waals surface area contributed by atoms with Gasteiger partial charge in [0.05, 0.1) is 0 Å². The second kappa shape index (κ2) is 7.95. The molecule has 1 fully saturated rings. The van der Waals surface area contributed by atoms with Gasteiger partial charge in [0, 0.05) is 22.9 Å². The molecule has 1 aliphatic carbocycles. The topological polar surface area (TPSA) is 3.24 Å². The predicted molar refractivity (Wildman–Crippen MR) is 94.4 cm³/mol. The van der Waals surface area contributed by atoms with E-state index in [4.69, 9.17) is 0 Å². The lowest BCUT2D eigenvalue weighted by Gasteiger charge is -2.35. The summed E-state index contributed by atoms with van der Waals surface area (Å²) in [5.41, 5.74) is 1.88. The van der Waals surface area contributed by atoms with Crippen LogP contribution in [0.1, 0.15) is 44.1 Å². The Morgan fingerprint density at radius 3 is 2.20 bits per heavy atom. The number of nitrogens with zero attached hydrogens (tertiary/aromatic N) is 1. The van der Waals surface area contributed by atoms with Crippen molar-refractivity contribution in [3.8, 4) is 0 Å². The Labute approximate surface area is 140 Å². The Bertz CT molecular complexity index is 394. The van der Waals surface area contributed by atoms with E-state index in [1.54, 1.807) is 0 Å². The zero-order valence-electron chi connectivity index (χ0n) is 12.4. The molecule has 0 amide bonds. The molecule has 2 rings (SSSR count). The van der Waals surface area contributed by atoms with Crippen molar-refractivity contribution in [3.05, 3.63) is 34.3 Å². The molecule has 0 radical (unpaired) electrons. The third kappa shape index (κ3) is 4.85. The molecular formula is C17H25Br2N. The fourth-order valence-electron chi connectivity index (χ4n) is 3.34. The lowest BCUT2D eigenvalue weighted by molar-refractivity contribution is 0.171. The summed E-state index contributed by atoms with van der Waals surface area (Å²) in [6, 6.07) is 8.70. The number of hydrogen-bond donors (Lipinski definition) is 0. The normalized spacial score (nSPS) is 19.0. The summed E-state index contributed by atoms with van der Waals surface area (Å²) in [7, 11) is 2.26. The van der Waals surface area contributed by atoms with E-state index < -0.39 is 0 Å². The average molecular weight is 403 g/mol. The highest BCUT2D eigenvalue weighted by Gasteiger charge is 2.30. The first-order valence-corrected chi connectivity index (χ1v) is 9.54. The summed E-state index contributed by atoms with van der Waals surface area (Å²) >= 11 is 7.29. The first kappa shape index (κ1) is 16.5. The van der Waals surface area contributed by atoms with Crippen LogP contribution in [0.25, 0.3) is 0 Å². The number of hydrogen-bond acceptors (Lipinski definition) is 1. The quantitative estimate of drug-likeness (QED) is 0.456. The molecule has 0 aliphatic heterocycles. The second-order valence-corrected chi connectivity index (χ2v) is 7.82. The van der Waals surface area contributed by atoms with Crippen LogP contribution in [0.3, 0.4) is 0 Å². The fourth-order valence-corrected chi connectivity index (χ4v) is 4.34. The summed E-state index contributed by atoms with van der Waals surface area (Å²) < 4.78 is 1.16. The minimum atomic E-state index is 0.487.